The summed E-state index contributed by atoms with van der Waals surface area (Å²) in [5.41, 5.74) is -0.580. The molecule has 0 saturated carbocycles. The summed E-state index contributed by atoms with van der Waals surface area (Å²) in [4.78, 5) is 26.5. The lowest BCUT2D eigenvalue weighted by molar-refractivity contribution is -0.114. The van der Waals surface area contributed by atoms with E-state index in [0.29, 0.717) is 0 Å². The van der Waals surface area contributed by atoms with Crippen molar-refractivity contribution >= 4 is 21.7 Å². The number of rotatable bonds is 6. The summed E-state index contributed by atoms with van der Waals surface area (Å²) in [6, 6.07) is 6.06. The van der Waals surface area contributed by atoms with Crippen molar-refractivity contribution in [3.8, 4) is 0 Å². The summed E-state index contributed by atoms with van der Waals surface area (Å²) < 4.78 is 35.9. The highest BCUT2D eigenvalue weighted by molar-refractivity contribution is 7.91. The van der Waals surface area contributed by atoms with Gasteiger partial charge in [-0.3, -0.25) is 9.69 Å². The van der Waals surface area contributed by atoms with Gasteiger partial charge < -0.3 is 9.47 Å². The van der Waals surface area contributed by atoms with Gasteiger partial charge in [0.1, 0.15) is 11.3 Å². The second-order valence-electron chi connectivity index (χ2n) is 8.88. The third-order valence-electron chi connectivity index (χ3n) is 4.61. The fourth-order valence-electron chi connectivity index (χ4n) is 3.04. The standard InChI is InChI=1S/C22H31NO6S/c1-16-7-11-19(12-8-16)30(26,27)14-13-18(24)10-9-17-15-28-22(5,6)23(17)20(25)29-21(2,3)4/h7-12,17H,13-15H2,1-6H3/b10-9+/t17-/m0/s1. The van der Waals surface area contributed by atoms with Crippen molar-refractivity contribution in [3.63, 3.8) is 0 Å². The average molecular weight is 438 g/mol. The summed E-state index contributed by atoms with van der Waals surface area (Å²) in [5, 5.41) is 0. The monoisotopic (exact) mass is 437 g/mol. The number of sulfone groups is 1. The van der Waals surface area contributed by atoms with E-state index in [1.807, 2.05) is 6.92 Å². The van der Waals surface area contributed by atoms with E-state index < -0.39 is 33.3 Å². The van der Waals surface area contributed by atoms with E-state index in [2.05, 4.69) is 0 Å². The van der Waals surface area contributed by atoms with Gasteiger partial charge >= 0.3 is 6.09 Å². The number of carbonyl (C=O) groups is 2. The molecule has 1 aliphatic heterocycles. The fourth-order valence-corrected chi connectivity index (χ4v) is 4.30. The van der Waals surface area contributed by atoms with Crippen LogP contribution in [0.15, 0.2) is 41.3 Å². The van der Waals surface area contributed by atoms with Crippen molar-refractivity contribution in [3.05, 3.63) is 42.0 Å². The number of amides is 1. The number of carbonyl (C=O) groups excluding carboxylic acids is 2. The molecule has 2 rings (SSSR count). The Balaban J connectivity index is 2.02. The van der Waals surface area contributed by atoms with Gasteiger partial charge in [-0.15, -0.1) is 0 Å². The van der Waals surface area contributed by atoms with Gasteiger partial charge in [0.2, 0.25) is 0 Å². The van der Waals surface area contributed by atoms with Crippen molar-refractivity contribution in [2.75, 3.05) is 12.4 Å². The molecule has 0 radical (unpaired) electrons. The molecular formula is C22H31NO6S. The van der Waals surface area contributed by atoms with Crippen molar-refractivity contribution < 1.29 is 27.5 Å². The van der Waals surface area contributed by atoms with Crippen molar-refractivity contribution in [1.29, 1.82) is 0 Å². The zero-order valence-electron chi connectivity index (χ0n) is 18.5. The number of nitrogens with zero attached hydrogens (tertiary/aromatic N) is 1. The van der Waals surface area contributed by atoms with Crippen LogP contribution in [0.5, 0.6) is 0 Å². The quantitative estimate of drug-likeness (QED) is 0.631. The molecular weight excluding hydrogens is 406 g/mol. The van der Waals surface area contributed by atoms with Crippen LogP contribution in [0.1, 0.15) is 46.6 Å². The molecule has 0 spiro atoms. The van der Waals surface area contributed by atoms with Gasteiger partial charge in [-0.05, 0) is 59.8 Å². The minimum Gasteiger partial charge on any atom is -0.444 e. The third-order valence-corrected chi connectivity index (χ3v) is 6.34. The summed E-state index contributed by atoms with van der Waals surface area (Å²) in [6.45, 7) is 10.9. The van der Waals surface area contributed by atoms with E-state index in [1.54, 1.807) is 65.0 Å². The molecule has 1 saturated heterocycles. The number of benzene rings is 1. The lowest BCUT2D eigenvalue weighted by Crippen LogP contribution is -2.49. The molecule has 1 amide bonds. The average Bonchev–Trinajstić information content (AvgIpc) is 2.91. The summed E-state index contributed by atoms with van der Waals surface area (Å²) >= 11 is 0. The second-order valence-corrected chi connectivity index (χ2v) is 11.0. The number of hydrogen-bond donors (Lipinski definition) is 0. The summed E-state index contributed by atoms with van der Waals surface area (Å²) in [6.07, 6.45) is 2.21. The van der Waals surface area contributed by atoms with Crippen LogP contribution in [0.3, 0.4) is 0 Å². The summed E-state index contributed by atoms with van der Waals surface area (Å²) in [5.74, 6) is -0.610. The van der Waals surface area contributed by atoms with Crippen LogP contribution in [0.4, 0.5) is 4.79 Å². The van der Waals surface area contributed by atoms with Crippen LogP contribution in [-0.2, 0) is 24.1 Å². The van der Waals surface area contributed by atoms with Crippen LogP contribution in [0, 0.1) is 6.92 Å². The number of hydrogen-bond acceptors (Lipinski definition) is 6. The van der Waals surface area contributed by atoms with Gasteiger partial charge in [0, 0.05) is 6.42 Å². The van der Waals surface area contributed by atoms with Crippen LogP contribution in [0.2, 0.25) is 0 Å². The van der Waals surface area contributed by atoms with E-state index in [9.17, 15) is 18.0 Å². The predicted octanol–water partition coefficient (Wildman–Crippen LogP) is 3.66. The van der Waals surface area contributed by atoms with E-state index in [4.69, 9.17) is 9.47 Å². The maximum atomic E-state index is 12.6. The lowest BCUT2D eigenvalue weighted by atomic mass is 10.1. The molecule has 0 unspecified atom stereocenters. The van der Waals surface area contributed by atoms with Gasteiger partial charge in [0.05, 0.1) is 23.3 Å². The Hall–Kier alpha value is -2.19. The molecule has 0 N–H and O–H groups in total. The fraction of sp³-hybridized carbons (Fsp3) is 0.545. The van der Waals surface area contributed by atoms with Crippen LogP contribution >= 0.6 is 0 Å². The molecule has 1 atom stereocenters. The Morgan fingerprint density at radius 2 is 1.83 bits per heavy atom. The number of allylic oxidation sites excluding steroid dienone is 1. The first-order valence-electron chi connectivity index (χ1n) is 9.88. The smallest absolute Gasteiger partial charge is 0.413 e. The Morgan fingerprint density at radius 3 is 2.40 bits per heavy atom. The van der Waals surface area contributed by atoms with Gasteiger partial charge in [0.15, 0.2) is 15.6 Å². The minimum atomic E-state index is -3.54. The molecule has 1 heterocycles. The van der Waals surface area contributed by atoms with Gasteiger partial charge in [-0.1, -0.05) is 23.8 Å². The zero-order valence-corrected chi connectivity index (χ0v) is 19.3. The van der Waals surface area contributed by atoms with E-state index >= 15 is 0 Å². The second kappa shape index (κ2) is 8.89. The van der Waals surface area contributed by atoms with Gasteiger partial charge in [0.25, 0.3) is 0 Å². The first kappa shape index (κ1) is 24.1. The molecule has 8 heteroatoms. The minimum absolute atomic E-state index is 0.143. The van der Waals surface area contributed by atoms with E-state index in [0.717, 1.165) is 5.56 Å². The highest BCUT2D eigenvalue weighted by Gasteiger charge is 2.44. The van der Waals surface area contributed by atoms with E-state index in [1.165, 1.54) is 11.0 Å². The molecule has 1 aromatic carbocycles. The highest BCUT2D eigenvalue weighted by atomic mass is 32.2. The predicted molar refractivity (Wildman–Crippen MR) is 114 cm³/mol. The molecule has 0 aliphatic carbocycles. The van der Waals surface area contributed by atoms with Crippen molar-refractivity contribution in [2.24, 2.45) is 0 Å². The largest absolute Gasteiger partial charge is 0.444 e. The first-order valence-corrected chi connectivity index (χ1v) is 11.5. The maximum absolute atomic E-state index is 12.6. The number of aryl methyl sites for hydroxylation is 1. The van der Waals surface area contributed by atoms with Crippen LogP contribution in [0.25, 0.3) is 0 Å². The number of ether oxygens (including phenoxy) is 2. The highest BCUT2D eigenvalue weighted by Crippen LogP contribution is 2.30. The van der Waals surface area contributed by atoms with Gasteiger partial charge in [-0.25, -0.2) is 13.2 Å². The maximum Gasteiger partial charge on any atom is 0.413 e. The topological polar surface area (TPSA) is 90.0 Å². The molecule has 166 valence electrons. The molecule has 0 aromatic heterocycles. The Labute approximate surface area is 179 Å². The molecule has 1 aliphatic rings. The SMILES string of the molecule is Cc1ccc(S(=O)(=O)CCC(=O)/C=C/[C@H]2COC(C)(C)N2C(=O)OC(C)(C)C)cc1. The normalized spacial score (nSPS) is 19.3. The Bertz CT molecular complexity index is 910. The van der Waals surface area contributed by atoms with Crippen molar-refractivity contribution in [2.45, 2.75) is 70.2 Å². The first-order chi connectivity index (χ1) is 13.7. The lowest BCUT2D eigenvalue weighted by Gasteiger charge is -2.34. The number of ketones is 1. The van der Waals surface area contributed by atoms with Crippen LogP contribution < -0.4 is 0 Å². The Morgan fingerprint density at radius 1 is 1.23 bits per heavy atom. The van der Waals surface area contributed by atoms with Crippen LogP contribution in [-0.4, -0.2) is 54.9 Å². The molecule has 30 heavy (non-hydrogen) atoms. The molecule has 1 aromatic rings. The zero-order chi connectivity index (χ0) is 22.7. The van der Waals surface area contributed by atoms with Crippen molar-refractivity contribution in [1.82, 2.24) is 4.90 Å². The molecule has 7 nitrogen and oxygen atoms in total. The van der Waals surface area contributed by atoms with Gasteiger partial charge in [-0.2, -0.15) is 0 Å². The third kappa shape index (κ3) is 6.40. The molecule has 1 fully saturated rings. The molecule has 0 bridgehead atoms. The summed E-state index contributed by atoms with van der Waals surface area (Å²) in [7, 11) is -3.54. The Kier molecular flexibility index (Phi) is 7.14. The van der Waals surface area contributed by atoms with E-state index in [-0.39, 0.29) is 29.5 Å².